The number of unbranched alkanes of at least 4 members (excludes halogenated alkanes) is 3. The lowest BCUT2D eigenvalue weighted by molar-refractivity contribution is 0.461. The smallest absolute Gasteiger partial charge is 0.149 e. The topological polar surface area (TPSA) is 20.2 Å². The molecule has 0 aromatic carbocycles. The first-order chi connectivity index (χ1) is 4.27. The fraction of sp³-hybridized carbons (Fsp3) is 0.714. The zero-order chi connectivity index (χ0) is 7.11. The van der Waals surface area contributed by atoms with E-state index in [1.165, 1.54) is 19.3 Å². The Bertz CT molecular complexity index is 84.9. The van der Waals surface area contributed by atoms with Crippen LogP contribution in [0.2, 0.25) is 0 Å². The summed E-state index contributed by atoms with van der Waals surface area (Å²) < 4.78 is 0.420. The fourth-order valence-corrected chi connectivity index (χ4v) is 0.927. The van der Waals surface area contributed by atoms with Crippen LogP contribution in [0, 0.1) is 0 Å². The highest BCUT2D eigenvalue weighted by molar-refractivity contribution is 14.1. The van der Waals surface area contributed by atoms with E-state index in [4.69, 9.17) is 5.11 Å². The largest absolute Gasteiger partial charge is 0.503 e. The van der Waals surface area contributed by atoms with Crippen molar-refractivity contribution in [2.75, 3.05) is 0 Å². The van der Waals surface area contributed by atoms with E-state index in [9.17, 15) is 0 Å². The third-order valence-corrected chi connectivity index (χ3v) is 1.56. The van der Waals surface area contributed by atoms with Gasteiger partial charge in [0.05, 0.1) is 0 Å². The van der Waals surface area contributed by atoms with Gasteiger partial charge in [-0.1, -0.05) is 19.8 Å². The third-order valence-electron chi connectivity index (χ3n) is 1.12. The zero-order valence-electron chi connectivity index (χ0n) is 5.73. The molecule has 0 spiro atoms. The lowest BCUT2D eigenvalue weighted by Crippen LogP contribution is -1.71. The van der Waals surface area contributed by atoms with Gasteiger partial charge in [-0.25, -0.2) is 0 Å². The molecule has 0 fully saturated rings. The van der Waals surface area contributed by atoms with Crippen LogP contribution in [0.15, 0.2) is 9.84 Å². The molecule has 9 heavy (non-hydrogen) atoms. The Kier molecular flexibility index (Phi) is 6.58. The second kappa shape index (κ2) is 6.39. The van der Waals surface area contributed by atoms with Gasteiger partial charge in [0.2, 0.25) is 0 Å². The van der Waals surface area contributed by atoms with E-state index in [2.05, 4.69) is 6.92 Å². The van der Waals surface area contributed by atoms with Gasteiger partial charge in [0.1, 0.15) is 3.77 Å². The lowest BCUT2D eigenvalue weighted by atomic mass is 10.2. The van der Waals surface area contributed by atoms with Crippen LogP contribution in [0.25, 0.3) is 0 Å². The second-order valence-electron chi connectivity index (χ2n) is 2.02. The molecule has 0 radical (unpaired) electrons. The van der Waals surface area contributed by atoms with Gasteiger partial charge in [-0.2, -0.15) is 0 Å². The van der Waals surface area contributed by atoms with Gasteiger partial charge in [0.15, 0.2) is 0 Å². The Labute approximate surface area is 70.3 Å². The Morgan fingerprint density at radius 1 is 1.56 bits per heavy atom. The SMILES string of the molecule is CCCCCC=C(O)I. The van der Waals surface area contributed by atoms with Gasteiger partial charge in [0.25, 0.3) is 0 Å². The van der Waals surface area contributed by atoms with Crippen LogP contribution in [0.3, 0.4) is 0 Å². The van der Waals surface area contributed by atoms with Crippen molar-refractivity contribution in [3.05, 3.63) is 9.84 Å². The van der Waals surface area contributed by atoms with Crippen molar-refractivity contribution >= 4 is 22.6 Å². The number of hydrogen-bond donors (Lipinski definition) is 1. The molecule has 0 saturated heterocycles. The number of aliphatic hydroxyl groups excluding tert-OH is 1. The molecule has 0 unspecified atom stereocenters. The van der Waals surface area contributed by atoms with Crippen LogP contribution >= 0.6 is 22.6 Å². The Hall–Kier alpha value is 0.270. The average Bonchev–Trinajstić information content (AvgIpc) is 1.80. The molecular weight excluding hydrogens is 227 g/mol. The van der Waals surface area contributed by atoms with Crippen molar-refractivity contribution in [3.63, 3.8) is 0 Å². The maximum atomic E-state index is 8.70. The number of aliphatic hydroxyl groups is 1. The molecule has 0 aliphatic carbocycles. The van der Waals surface area contributed by atoms with Gasteiger partial charge in [-0.15, -0.1) is 0 Å². The summed E-state index contributed by atoms with van der Waals surface area (Å²) in [6.07, 6.45) is 6.58. The van der Waals surface area contributed by atoms with Crippen molar-refractivity contribution in [1.29, 1.82) is 0 Å². The Balaban J connectivity index is 3.00. The van der Waals surface area contributed by atoms with E-state index in [0.29, 0.717) is 3.77 Å². The lowest BCUT2D eigenvalue weighted by Gasteiger charge is -1.90. The standard InChI is InChI=1S/C7H13IO/c1-2-3-4-5-6-7(8)9/h6,9H,2-5H2,1H3. The molecule has 1 N–H and O–H groups in total. The van der Waals surface area contributed by atoms with Crippen LogP contribution in [0.4, 0.5) is 0 Å². The van der Waals surface area contributed by atoms with Crippen LogP contribution < -0.4 is 0 Å². The highest BCUT2D eigenvalue weighted by atomic mass is 127. The van der Waals surface area contributed by atoms with Crippen molar-refractivity contribution in [2.24, 2.45) is 0 Å². The summed E-state index contributed by atoms with van der Waals surface area (Å²) in [5, 5.41) is 8.70. The average molecular weight is 240 g/mol. The Morgan fingerprint density at radius 3 is 2.67 bits per heavy atom. The minimum atomic E-state index is 0.420. The molecule has 0 aromatic rings. The maximum absolute atomic E-state index is 8.70. The van der Waals surface area contributed by atoms with E-state index < -0.39 is 0 Å². The van der Waals surface area contributed by atoms with Gasteiger partial charge in [-0.05, 0) is 41.5 Å². The minimum Gasteiger partial charge on any atom is -0.503 e. The van der Waals surface area contributed by atoms with Gasteiger partial charge in [-0.3, -0.25) is 0 Å². The summed E-state index contributed by atoms with van der Waals surface area (Å²) in [5.41, 5.74) is 0. The molecule has 0 aliphatic rings. The summed E-state index contributed by atoms with van der Waals surface area (Å²) in [4.78, 5) is 0. The summed E-state index contributed by atoms with van der Waals surface area (Å²) in [6, 6.07) is 0. The first-order valence-corrected chi connectivity index (χ1v) is 4.40. The molecule has 0 atom stereocenters. The molecule has 2 heteroatoms. The molecule has 0 saturated carbocycles. The Morgan fingerprint density at radius 2 is 2.22 bits per heavy atom. The van der Waals surface area contributed by atoms with Crippen LogP contribution in [0.5, 0.6) is 0 Å². The monoisotopic (exact) mass is 240 g/mol. The van der Waals surface area contributed by atoms with E-state index in [1.807, 2.05) is 28.7 Å². The van der Waals surface area contributed by atoms with Crippen molar-refractivity contribution in [3.8, 4) is 0 Å². The number of allylic oxidation sites excluding steroid dienone is 1. The van der Waals surface area contributed by atoms with Gasteiger partial charge < -0.3 is 5.11 Å². The molecule has 0 aromatic heterocycles. The summed E-state index contributed by atoms with van der Waals surface area (Å²) in [6.45, 7) is 2.17. The predicted molar refractivity (Wildman–Crippen MR) is 48.9 cm³/mol. The van der Waals surface area contributed by atoms with Crippen molar-refractivity contribution < 1.29 is 5.11 Å². The van der Waals surface area contributed by atoms with Crippen molar-refractivity contribution in [2.45, 2.75) is 32.6 Å². The van der Waals surface area contributed by atoms with E-state index in [1.54, 1.807) is 0 Å². The fourth-order valence-electron chi connectivity index (χ4n) is 0.616. The molecule has 0 heterocycles. The molecule has 0 aliphatic heterocycles. The number of hydrogen-bond acceptors (Lipinski definition) is 1. The van der Waals surface area contributed by atoms with Crippen molar-refractivity contribution in [1.82, 2.24) is 0 Å². The van der Waals surface area contributed by atoms with Crippen LogP contribution in [-0.4, -0.2) is 5.11 Å². The number of rotatable bonds is 4. The highest BCUT2D eigenvalue weighted by Gasteiger charge is 1.83. The predicted octanol–water partition coefficient (Wildman–Crippen LogP) is 3.40. The molecule has 54 valence electrons. The summed E-state index contributed by atoms with van der Waals surface area (Å²) >= 11 is 1.91. The normalized spacial score (nSPS) is 12.0. The minimum absolute atomic E-state index is 0.420. The first kappa shape index (κ1) is 9.27. The number of halogens is 1. The van der Waals surface area contributed by atoms with Crippen LogP contribution in [0.1, 0.15) is 32.6 Å². The van der Waals surface area contributed by atoms with Crippen LogP contribution in [-0.2, 0) is 0 Å². The molecule has 0 amide bonds. The molecular formula is C7H13IO. The second-order valence-corrected chi connectivity index (χ2v) is 3.13. The molecule has 0 bridgehead atoms. The third kappa shape index (κ3) is 8.27. The van der Waals surface area contributed by atoms with E-state index in [-0.39, 0.29) is 0 Å². The van der Waals surface area contributed by atoms with E-state index >= 15 is 0 Å². The quantitative estimate of drug-likeness (QED) is 0.453. The highest BCUT2D eigenvalue weighted by Crippen LogP contribution is 2.05. The molecule has 1 nitrogen and oxygen atoms in total. The van der Waals surface area contributed by atoms with E-state index in [0.717, 1.165) is 6.42 Å². The zero-order valence-corrected chi connectivity index (χ0v) is 7.89. The van der Waals surface area contributed by atoms with Gasteiger partial charge in [0, 0.05) is 0 Å². The summed E-state index contributed by atoms with van der Waals surface area (Å²) in [7, 11) is 0. The molecule has 0 rings (SSSR count). The first-order valence-electron chi connectivity index (χ1n) is 3.32. The summed E-state index contributed by atoms with van der Waals surface area (Å²) in [5.74, 6) is 0. The van der Waals surface area contributed by atoms with Gasteiger partial charge >= 0.3 is 0 Å². The maximum Gasteiger partial charge on any atom is 0.149 e.